The lowest BCUT2D eigenvalue weighted by Crippen LogP contribution is -2.35. The van der Waals surface area contributed by atoms with Gasteiger partial charge in [-0.15, -0.1) is 0 Å². The molecule has 1 heterocycles. The number of rotatable bonds is 6. The molecule has 2 rings (SSSR count). The summed E-state index contributed by atoms with van der Waals surface area (Å²) in [5, 5.41) is 3.48. The van der Waals surface area contributed by atoms with E-state index in [1.165, 1.54) is 5.56 Å². The fourth-order valence-electron chi connectivity index (χ4n) is 1.93. The summed E-state index contributed by atoms with van der Waals surface area (Å²) in [7, 11) is 0. The summed E-state index contributed by atoms with van der Waals surface area (Å²) in [6.07, 6.45) is 2.64. The average Bonchev–Trinajstić information content (AvgIpc) is 2.46. The van der Waals surface area contributed by atoms with Crippen LogP contribution in [0.2, 0.25) is 0 Å². The van der Waals surface area contributed by atoms with Gasteiger partial charge in [0.15, 0.2) is 0 Å². The third-order valence-corrected chi connectivity index (χ3v) is 3.07. The van der Waals surface area contributed by atoms with Crippen LogP contribution in [0.3, 0.4) is 0 Å². The molecule has 1 aromatic heterocycles. The van der Waals surface area contributed by atoms with E-state index in [0.29, 0.717) is 6.61 Å². The molecule has 1 aromatic carbocycles. The van der Waals surface area contributed by atoms with Crippen LogP contribution in [-0.2, 0) is 13.0 Å². The van der Waals surface area contributed by atoms with Crippen molar-refractivity contribution in [3.63, 3.8) is 0 Å². The van der Waals surface area contributed by atoms with Gasteiger partial charge in [-0.05, 0) is 50.6 Å². The van der Waals surface area contributed by atoms with Crippen molar-refractivity contribution in [1.29, 1.82) is 0 Å². The normalized spacial score (nSPS) is 11.4. The Balaban J connectivity index is 1.83. The van der Waals surface area contributed by atoms with E-state index in [0.717, 1.165) is 24.4 Å². The van der Waals surface area contributed by atoms with Crippen molar-refractivity contribution < 1.29 is 4.74 Å². The zero-order valence-electron chi connectivity index (χ0n) is 13.1. The molecular formula is C18H24N2O. The minimum absolute atomic E-state index is 0.121. The Kier molecular flexibility index (Phi) is 5.34. The quantitative estimate of drug-likeness (QED) is 0.880. The summed E-state index contributed by atoms with van der Waals surface area (Å²) in [4.78, 5) is 4.29. The number of benzene rings is 1. The fraction of sp³-hybridized carbons (Fsp3) is 0.389. The van der Waals surface area contributed by atoms with Crippen molar-refractivity contribution in [2.75, 3.05) is 6.61 Å². The SMILES string of the molecule is CC(C)(C)NCc1cccc(OCCc2ccccn2)c1. The van der Waals surface area contributed by atoms with Crippen LogP contribution in [0.25, 0.3) is 0 Å². The summed E-state index contributed by atoms with van der Waals surface area (Å²) < 4.78 is 5.81. The van der Waals surface area contributed by atoms with Gasteiger partial charge in [0.1, 0.15) is 5.75 Å². The highest BCUT2D eigenvalue weighted by molar-refractivity contribution is 5.28. The molecule has 0 saturated heterocycles. The number of nitrogens with one attached hydrogen (secondary N) is 1. The molecule has 0 radical (unpaired) electrons. The second-order valence-corrected chi connectivity index (χ2v) is 6.17. The molecule has 112 valence electrons. The molecule has 1 N–H and O–H groups in total. The summed E-state index contributed by atoms with van der Waals surface area (Å²) in [6.45, 7) is 7.99. The second kappa shape index (κ2) is 7.23. The molecule has 3 nitrogen and oxygen atoms in total. The second-order valence-electron chi connectivity index (χ2n) is 6.17. The Morgan fingerprint density at radius 1 is 1.10 bits per heavy atom. The maximum absolute atomic E-state index is 5.81. The molecule has 0 aliphatic heterocycles. The third kappa shape index (κ3) is 5.96. The van der Waals surface area contributed by atoms with E-state index in [1.807, 2.05) is 36.5 Å². The average molecular weight is 284 g/mol. The lowest BCUT2D eigenvalue weighted by Gasteiger charge is -2.20. The van der Waals surface area contributed by atoms with Crippen molar-refractivity contribution in [2.45, 2.75) is 39.3 Å². The zero-order chi connectivity index (χ0) is 15.1. The lowest BCUT2D eigenvalue weighted by molar-refractivity contribution is 0.320. The van der Waals surface area contributed by atoms with Crippen LogP contribution in [0.4, 0.5) is 0 Å². The van der Waals surface area contributed by atoms with Gasteiger partial charge in [0.2, 0.25) is 0 Å². The first-order valence-corrected chi connectivity index (χ1v) is 7.40. The van der Waals surface area contributed by atoms with Crippen molar-refractivity contribution in [2.24, 2.45) is 0 Å². The zero-order valence-corrected chi connectivity index (χ0v) is 13.1. The molecule has 2 aromatic rings. The van der Waals surface area contributed by atoms with Crippen LogP contribution in [0.5, 0.6) is 5.75 Å². The Morgan fingerprint density at radius 3 is 2.67 bits per heavy atom. The van der Waals surface area contributed by atoms with Crippen molar-refractivity contribution in [1.82, 2.24) is 10.3 Å². The van der Waals surface area contributed by atoms with E-state index < -0.39 is 0 Å². The van der Waals surface area contributed by atoms with Gasteiger partial charge in [-0.25, -0.2) is 0 Å². The molecule has 0 saturated carbocycles. The highest BCUT2D eigenvalue weighted by Gasteiger charge is 2.08. The van der Waals surface area contributed by atoms with Gasteiger partial charge in [-0.2, -0.15) is 0 Å². The van der Waals surface area contributed by atoms with Gasteiger partial charge in [0.05, 0.1) is 6.61 Å². The first-order chi connectivity index (χ1) is 10.0. The van der Waals surface area contributed by atoms with E-state index in [9.17, 15) is 0 Å². The summed E-state index contributed by atoms with van der Waals surface area (Å²) in [6, 6.07) is 14.2. The van der Waals surface area contributed by atoms with Gasteiger partial charge < -0.3 is 10.1 Å². The Morgan fingerprint density at radius 2 is 1.95 bits per heavy atom. The van der Waals surface area contributed by atoms with Crippen LogP contribution < -0.4 is 10.1 Å². The number of aromatic nitrogens is 1. The first-order valence-electron chi connectivity index (χ1n) is 7.40. The molecule has 0 atom stereocenters. The predicted molar refractivity (Wildman–Crippen MR) is 86.5 cm³/mol. The minimum Gasteiger partial charge on any atom is -0.493 e. The van der Waals surface area contributed by atoms with E-state index in [2.05, 4.69) is 43.2 Å². The van der Waals surface area contributed by atoms with Gasteiger partial charge >= 0.3 is 0 Å². The Labute approximate surface area is 127 Å². The number of ether oxygens (including phenoxy) is 1. The van der Waals surface area contributed by atoms with Gasteiger partial charge in [-0.3, -0.25) is 4.98 Å². The number of pyridine rings is 1. The summed E-state index contributed by atoms with van der Waals surface area (Å²) in [5.41, 5.74) is 2.42. The maximum Gasteiger partial charge on any atom is 0.119 e. The van der Waals surface area contributed by atoms with Crippen molar-refractivity contribution in [3.05, 3.63) is 59.9 Å². The molecule has 0 fully saturated rings. The molecule has 0 unspecified atom stereocenters. The first kappa shape index (κ1) is 15.5. The third-order valence-electron chi connectivity index (χ3n) is 3.07. The smallest absolute Gasteiger partial charge is 0.119 e. The largest absolute Gasteiger partial charge is 0.493 e. The van der Waals surface area contributed by atoms with E-state index in [-0.39, 0.29) is 5.54 Å². The Bertz CT molecular complexity index is 547. The molecule has 3 heteroatoms. The molecule has 0 aliphatic rings. The monoisotopic (exact) mass is 284 g/mol. The van der Waals surface area contributed by atoms with Crippen molar-refractivity contribution in [3.8, 4) is 5.75 Å². The van der Waals surface area contributed by atoms with Gasteiger partial charge in [0.25, 0.3) is 0 Å². The molecule has 0 spiro atoms. The highest BCUT2D eigenvalue weighted by Crippen LogP contribution is 2.14. The van der Waals surface area contributed by atoms with Crippen molar-refractivity contribution >= 4 is 0 Å². The molecular weight excluding hydrogens is 260 g/mol. The van der Waals surface area contributed by atoms with Crippen LogP contribution in [0.1, 0.15) is 32.0 Å². The maximum atomic E-state index is 5.81. The van der Waals surface area contributed by atoms with Crippen LogP contribution in [0, 0.1) is 0 Å². The number of hydrogen-bond donors (Lipinski definition) is 1. The predicted octanol–water partition coefficient (Wildman–Crippen LogP) is 3.59. The van der Waals surface area contributed by atoms with Crippen LogP contribution in [0.15, 0.2) is 48.7 Å². The summed E-state index contributed by atoms with van der Waals surface area (Å²) in [5.74, 6) is 0.916. The Hall–Kier alpha value is -1.87. The van der Waals surface area contributed by atoms with E-state index in [1.54, 1.807) is 0 Å². The summed E-state index contributed by atoms with van der Waals surface area (Å²) >= 11 is 0. The van der Waals surface area contributed by atoms with Gasteiger partial charge in [-0.1, -0.05) is 18.2 Å². The van der Waals surface area contributed by atoms with Crippen LogP contribution in [-0.4, -0.2) is 17.1 Å². The standard InChI is InChI=1S/C18H24N2O/c1-18(2,3)20-14-15-7-6-9-17(13-15)21-12-10-16-8-4-5-11-19-16/h4-9,11,13,20H,10,12,14H2,1-3H3. The number of nitrogens with zero attached hydrogens (tertiary/aromatic N) is 1. The van der Waals surface area contributed by atoms with Crippen LogP contribution >= 0.6 is 0 Å². The highest BCUT2D eigenvalue weighted by atomic mass is 16.5. The fourth-order valence-corrected chi connectivity index (χ4v) is 1.93. The van der Waals surface area contributed by atoms with Gasteiger partial charge in [0, 0.05) is 30.4 Å². The molecule has 0 bridgehead atoms. The molecule has 21 heavy (non-hydrogen) atoms. The lowest BCUT2D eigenvalue weighted by atomic mass is 10.1. The topological polar surface area (TPSA) is 34.1 Å². The molecule has 0 amide bonds. The number of hydrogen-bond acceptors (Lipinski definition) is 3. The van der Waals surface area contributed by atoms with E-state index in [4.69, 9.17) is 4.74 Å². The molecule has 0 aliphatic carbocycles. The minimum atomic E-state index is 0.121. The van der Waals surface area contributed by atoms with E-state index >= 15 is 0 Å².